The van der Waals surface area contributed by atoms with Gasteiger partial charge in [0.25, 0.3) is 0 Å². The number of imidazole rings is 1. The first-order chi connectivity index (χ1) is 11.4. The number of para-hydroxylation sites is 2. The molecule has 0 amide bonds. The van der Waals surface area contributed by atoms with Crippen LogP contribution in [0.25, 0.3) is 11.0 Å². The van der Waals surface area contributed by atoms with Crippen molar-refractivity contribution in [2.75, 3.05) is 11.9 Å². The Kier molecular flexibility index (Phi) is 4.28. The number of pyridine rings is 1. The minimum absolute atomic E-state index is 0.343. The van der Waals surface area contributed by atoms with E-state index >= 15 is 0 Å². The van der Waals surface area contributed by atoms with E-state index in [9.17, 15) is 13.2 Å². The fourth-order valence-electron chi connectivity index (χ4n) is 2.45. The summed E-state index contributed by atoms with van der Waals surface area (Å²) in [5.41, 5.74) is 1.97. The van der Waals surface area contributed by atoms with E-state index in [1.54, 1.807) is 0 Å². The lowest BCUT2D eigenvalue weighted by Gasteiger charge is -2.11. The van der Waals surface area contributed by atoms with E-state index in [4.69, 9.17) is 0 Å². The van der Waals surface area contributed by atoms with E-state index in [1.807, 2.05) is 31.2 Å². The number of hydrogen-bond donors (Lipinski definition) is 1. The van der Waals surface area contributed by atoms with Crippen LogP contribution >= 0.6 is 0 Å². The molecule has 0 saturated carbocycles. The smallest absolute Gasteiger partial charge is 0.404 e. The topological polar surface area (TPSA) is 52.0 Å². The molecule has 1 N–H and O–H groups in total. The van der Waals surface area contributed by atoms with E-state index in [-0.39, 0.29) is 5.75 Å². The summed E-state index contributed by atoms with van der Waals surface area (Å²) in [6, 6.07) is 10.5. The minimum Gasteiger partial charge on any atom is -0.404 e. The predicted octanol–water partition coefficient (Wildman–Crippen LogP) is 3.75. The van der Waals surface area contributed by atoms with Crippen LogP contribution in [0.5, 0.6) is 5.75 Å². The number of benzene rings is 1. The summed E-state index contributed by atoms with van der Waals surface area (Å²) < 4.78 is 42.1. The van der Waals surface area contributed by atoms with Gasteiger partial charge >= 0.3 is 6.36 Å². The van der Waals surface area contributed by atoms with Crippen LogP contribution < -0.4 is 10.1 Å². The molecule has 0 radical (unpaired) electrons. The second-order valence-corrected chi connectivity index (χ2v) is 5.15. The highest BCUT2D eigenvalue weighted by atomic mass is 19.4. The van der Waals surface area contributed by atoms with Gasteiger partial charge in [0.2, 0.25) is 0 Å². The number of fused-ring (bicyclic) bond motifs is 1. The van der Waals surface area contributed by atoms with E-state index in [0.29, 0.717) is 18.9 Å². The second kappa shape index (κ2) is 6.38. The highest BCUT2D eigenvalue weighted by Gasteiger charge is 2.31. The summed E-state index contributed by atoms with van der Waals surface area (Å²) in [6.07, 6.45) is -3.68. The molecule has 2 aromatic heterocycles. The molecule has 1 aromatic carbocycles. The Bertz CT molecular complexity index is 827. The first-order valence-electron chi connectivity index (χ1n) is 7.30. The van der Waals surface area contributed by atoms with Crippen LogP contribution in [0.1, 0.15) is 5.82 Å². The first-order valence-corrected chi connectivity index (χ1v) is 7.30. The molecule has 0 fully saturated rings. The third-order valence-corrected chi connectivity index (χ3v) is 3.46. The van der Waals surface area contributed by atoms with Crippen LogP contribution in [0.15, 0.2) is 42.6 Å². The van der Waals surface area contributed by atoms with Crippen molar-refractivity contribution in [2.45, 2.75) is 19.8 Å². The summed E-state index contributed by atoms with van der Waals surface area (Å²) in [6.45, 7) is 3.16. The maximum Gasteiger partial charge on any atom is 0.573 e. The van der Waals surface area contributed by atoms with Crippen molar-refractivity contribution >= 4 is 16.9 Å². The number of nitrogens with zero attached hydrogens (tertiary/aromatic N) is 3. The lowest BCUT2D eigenvalue weighted by atomic mass is 10.3. The zero-order chi connectivity index (χ0) is 17.2. The van der Waals surface area contributed by atoms with Gasteiger partial charge in [-0.2, -0.15) is 0 Å². The summed E-state index contributed by atoms with van der Waals surface area (Å²) in [7, 11) is 0. The summed E-state index contributed by atoms with van der Waals surface area (Å²) >= 11 is 0. The molecule has 0 bridgehead atoms. The van der Waals surface area contributed by atoms with Gasteiger partial charge in [-0.1, -0.05) is 12.1 Å². The normalized spacial score (nSPS) is 11.7. The van der Waals surface area contributed by atoms with Crippen molar-refractivity contribution in [1.82, 2.24) is 14.5 Å². The Hall–Kier alpha value is -2.77. The van der Waals surface area contributed by atoms with Crippen molar-refractivity contribution in [3.8, 4) is 5.75 Å². The lowest BCUT2D eigenvalue weighted by molar-refractivity contribution is -0.274. The third kappa shape index (κ3) is 3.76. The molecule has 0 spiro atoms. The second-order valence-electron chi connectivity index (χ2n) is 5.15. The predicted molar refractivity (Wildman–Crippen MR) is 83.9 cm³/mol. The average molecular weight is 336 g/mol. The van der Waals surface area contributed by atoms with Crippen molar-refractivity contribution in [2.24, 2.45) is 0 Å². The summed E-state index contributed by atoms with van der Waals surface area (Å²) in [5, 5.41) is 3.07. The molecule has 24 heavy (non-hydrogen) atoms. The number of alkyl halides is 3. The van der Waals surface area contributed by atoms with Crippen LogP contribution in [0.3, 0.4) is 0 Å². The van der Waals surface area contributed by atoms with Crippen LogP contribution in [-0.2, 0) is 6.54 Å². The average Bonchev–Trinajstić information content (AvgIpc) is 2.83. The van der Waals surface area contributed by atoms with Crippen molar-refractivity contribution in [1.29, 1.82) is 0 Å². The number of rotatable bonds is 5. The first kappa shape index (κ1) is 16.1. The Morgan fingerprint density at radius 3 is 2.67 bits per heavy atom. The quantitative estimate of drug-likeness (QED) is 0.771. The SMILES string of the molecule is Cc1nc2ccccc2n1CCNc1ccc(OC(F)(F)F)cn1. The van der Waals surface area contributed by atoms with E-state index < -0.39 is 6.36 Å². The maximum absolute atomic E-state index is 12.1. The molecule has 2 heterocycles. The van der Waals surface area contributed by atoms with Gasteiger partial charge in [-0.15, -0.1) is 13.2 Å². The molecule has 3 aromatic rings. The minimum atomic E-state index is -4.71. The Morgan fingerprint density at radius 1 is 1.17 bits per heavy atom. The van der Waals surface area contributed by atoms with Gasteiger partial charge in [0.05, 0.1) is 17.2 Å². The van der Waals surface area contributed by atoms with Crippen LogP contribution in [0, 0.1) is 6.92 Å². The number of nitrogens with one attached hydrogen (secondary N) is 1. The molecule has 0 unspecified atom stereocenters. The van der Waals surface area contributed by atoms with E-state index in [2.05, 4.69) is 24.6 Å². The summed E-state index contributed by atoms with van der Waals surface area (Å²) in [4.78, 5) is 8.39. The number of aryl methyl sites for hydroxylation is 1. The maximum atomic E-state index is 12.1. The van der Waals surface area contributed by atoms with Gasteiger partial charge in [0.15, 0.2) is 0 Å². The zero-order valence-electron chi connectivity index (χ0n) is 12.8. The molecule has 0 aliphatic carbocycles. The molecule has 126 valence electrons. The van der Waals surface area contributed by atoms with Crippen LogP contribution in [-0.4, -0.2) is 27.4 Å². The van der Waals surface area contributed by atoms with Gasteiger partial charge in [-0.25, -0.2) is 9.97 Å². The molecule has 0 aliphatic heterocycles. The van der Waals surface area contributed by atoms with Crippen LogP contribution in [0.2, 0.25) is 0 Å². The number of anilines is 1. The largest absolute Gasteiger partial charge is 0.573 e. The number of hydrogen-bond acceptors (Lipinski definition) is 4. The standard InChI is InChI=1S/C16H15F3N4O/c1-11-22-13-4-2-3-5-14(13)23(11)9-8-20-15-7-6-12(10-21-15)24-16(17,18)19/h2-7,10H,8-9H2,1H3,(H,20,21). The Morgan fingerprint density at radius 2 is 1.96 bits per heavy atom. The highest BCUT2D eigenvalue weighted by molar-refractivity contribution is 5.75. The van der Waals surface area contributed by atoms with Crippen molar-refractivity contribution in [3.63, 3.8) is 0 Å². The fraction of sp³-hybridized carbons (Fsp3) is 0.250. The van der Waals surface area contributed by atoms with Gasteiger partial charge < -0.3 is 14.6 Å². The van der Waals surface area contributed by atoms with Gasteiger partial charge in [0.1, 0.15) is 17.4 Å². The summed E-state index contributed by atoms with van der Waals surface area (Å²) in [5.74, 6) is 1.04. The number of halogens is 3. The number of ether oxygens (including phenoxy) is 1. The third-order valence-electron chi connectivity index (χ3n) is 3.46. The highest BCUT2D eigenvalue weighted by Crippen LogP contribution is 2.22. The van der Waals surface area contributed by atoms with Crippen molar-refractivity contribution in [3.05, 3.63) is 48.4 Å². The molecule has 5 nitrogen and oxygen atoms in total. The van der Waals surface area contributed by atoms with Gasteiger partial charge in [0, 0.05) is 13.1 Å². The van der Waals surface area contributed by atoms with E-state index in [1.165, 1.54) is 12.1 Å². The molecular formula is C16H15F3N4O. The molecule has 0 saturated heterocycles. The van der Waals surface area contributed by atoms with Crippen LogP contribution in [0.4, 0.5) is 19.0 Å². The van der Waals surface area contributed by atoms with E-state index in [0.717, 1.165) is 23.1 Å². The van der Waals surface area contributed by atoms with Gasteiger partial charge in [-0.3, -0.25) is 0 Å². The Balaban J connectivity index is 1.61. The fourth-order valence-corrected chi connectivity index (χ4v) is 2.45. The Labute approximate surface area is 136 Å². The number of aromatic nitrogens is 3. The van der Waals surface area contributed by atoms with Crippen molar-refractivity contribution < 1.29 is 17.9 Å². The molecule has 8 heteroatoms. The van der Waals surface area contributed by atoms with Gasteiger partial charge in [-0.05, 0) is 31.2 Å². The molecule has 0 aliphatic rings. The molecule has 0 atom stereocenters. The molecule has 3 rings (SSSR count). The monoisotopic (exact) mass is 336 g/mol. The lowest BCUT2D eigenvalue weighted by Crippen LogP contribution is -2.17. The molecular weight excluding hydrogens is 321 g/mol. The zero-order valence-corrected chi connectivity index (χ0v) is 12.8.